The molecule has 0 saturated carbocycles. The van der Waals surface area contributed by atoms with E-state index in [1.54, 1.807) is 30.3 Å². The van der Waals surface area contributed by atoms with Gasteiger partial charge in [-0.1, -0.05) is 61.9 Å². The number of anilines is 1. The lowest BCUT2D eigenvalue weighted by molar-refractivity contribution is -0.126. The lowest BCUT2D eigenvalue weighted by Gasteiger charge is -2.24. The topological polar surface area (TPSA) is 87.7 Å². The summed E-state index contributed by atoms with van der Waals surface area (Å²) in [6, 6.07) is 17.7. The molecule has 3 aromatic rings. The molecule has 0 spiro atoms. The van der Waals surface area contributed by atoms with Crippen molar-refractivity contribution in [3.05, 3.63) is 87.6 Å². The van der Waals surface area contributed by atoms with E-state index in [0.29, 0.717) is 28.6 Å². The molecule has 8 heteroatoms. The quantitative estimate of drug-likeness (QED) is 0.400. The van der Waals surface area contributed by atoms with Gasteiger partial charge < -0.3 is 15.4 Å². The lowest BCUT2D eigenvalue weighted by atomic mass is 10.00. The molecule has 2 heterocycles. The van der Waals surface area contributed by atoms with E-state index in [2.05, 4.69) is 24.5 Å². The van der Waals surface area contributed by atoms with E-state index in [-0.39, 0.29) is 18.4 Å². The molecule has 3 amide bonds. The van der Waals surface area contributed by atoms with Gasteiger partial charge in [-0.2, -0.15) is 0 Å². The van der Waals surface area contributed by atoms with E-state index in [1.165, 1.54) is 16.2 Å². The molecule has 0 unspecified atom stereocenters. The van der Waals surface area contributed by atoms with Crippen LogP contribution in [0.3, 0.4) is 0 Å². The highest BCUT2D eigenvalue weighted by molar-refractivity contribution is 7.12. The summed E-state index contributed by atoms with van der Waals surface area (Å²) in [5.74, 6) is 0.0221. The molecule has 0 radical (unpaired) electrons. The first kappa shape index (κ1) is 25.4. The zero-order valence-electron chi connectivity index (χ0n) is 20.7. The van der Waals surface area contributed by atoms with E-state index in [0.717, 1.165) is 17.5 Å². The second-order valence-electron chi connectivity index (χ2n) is 9.39. The zero-order chi connectivity index (χ0) is 25.7. The van der Waals surface area contributed by atoms with Gasteiger partial charge in [0.2, 0.25) is 5.91 Å². The van der Waals surface area contributed by atoms with Gasteiger partial charge >= 0.3 is 6.09 Å². The Labute approximate surface area is 215 Å². The predicted octanol–water partition coefficient (Wildman–Crippen LogP) is 5.53. The van der Waals surface area contributed by atoms with Crippen LogP contribution >= 0.6 is 11.3 Å². The first-order valence-electron chi connectivity index (χ1n) is 12.1. The number of hydrogen-bond donors (Lipinski definition) is 2. The van der Waals surface area contributed by atoms with Crippen molar-refractivity contribution in [2.24, 2.45) is 5.92 Å². The molecule has 1 saturated heterocycles. The van der Waals surface area contributed by atoms with Crippen molar-refractivity contribution >= 4 is 34.9 Å². The maximum Gasteiger partial charge on any atom is 0.411 e. The van der Waals surface area contributed by atoms with Crippen LogP contribution in [0.1, 0.15) is 52.7 Å². The summed E-state index contributed by atoms with van der Waals surface area (Å²) in [6.45, 7) is 6.98. The van der Waals surface area contributed by atoms with Gasteiger partial charge in [0.05, 0.1) is 11.4 Å². The Morgan fingerprint density at radius 3 is 2.53 bits per heavy atom. The number of cyclic esters (lactones) is 1. The van der Waals surface area contributed by atoms with Gasteiger partial charge in [-0.05, 0) is 54.0 Å². The van der Waals surface area contributed by atoms with Crippen LogP contribution in [0.15, 0.2) is 66.0 Å². The Kier molecular flexibility index (Phi) is 8.05. The highest BCUT2D eigenvalue weighted by Crippen LogP contribution is 2.34. The van der Waals surface area contributed by atoms with Crippen molar-refractivity contribution in [2.75, 3.05) is 11.9 Å². The largest absolute Gasteiger partial charge is 0.438 e. The predicted molar refractivity (Wildman–Crippen MR) is 141 cm³/mol. The van der Waals surface area contributed by atoms with Crippen molar-refractivity contribution < 1.29 is 19.1 Å². The Bertz CT molecular complexity index is 1210. The minimum atomic E-state index is -0.809. The van der Waals surface area contributed by atoms with Gasteiger partial charge in [0.1, 0.15) is 0 Å². The average molecular weight is 506 g/mol. The zero-order valence-corrected chi connectivity index (χ0v) is 21.5. The SMILES string of the molecule is Cc1cccc(CN2C(=O)O[C@H](c3ccc(NC(=O)c4cccs4)cc3)[C@H]2C(=O)NCCC(C)C)c1. The molecule has 4 rings (SSSR count). The third-order valence-corrected chi connectivity index (χ3v) is 6.92. The number of ether oxygens (including phenoxy) is 1. The smallest absolute Gasteiger partial charge is 0.411 e. The van der Waals surface area contributed by atoms with Crippen molar-refractivity contribution in [1.29, 1.82) is 0 Å². The van der Waals surface area contributed by atoms with Crippen LogP contribution in [0.2, 0.25) is 0 Å². The third-order valence-electron chi connectivity index (χ3n) is 6.05. The van der Waals surface area contributed by atoms with E-state index in [9.17, 15) is 14.4 Å². The van der Waals surface area contributed by atoms with Crippen LogP contribution in [0.25, 0.3) is 0 Å². The summed E-state index contributed by atoms with van der Waals surface area (Å²) in [5.41, 5.74) is 3.32. The fourth-order valence-corrected chi connectivity index (χ4v) is 4.78. The van der Waals surface area contributed by atoms with Gasteiger partial charge in [0.15, 0.2) is 12.1 Å². The second kappa shape index (κ2) is 11.4. The van der Waals surface area contributed by atoms with Gasteiger partial charge in [-0.25, -0.2) is 4.79 Å². The fourth-order valence-electron chi connectivity index (χ4n) is 4.16. The summed E-state index contributed by atoms with van der Waals surface area (Å²) in [5, 5.41) is 7.70. The molecule has 0 aliphatic carbocycles. The molecule has 2 atom stereocenters. The maximum absolute atomic E-state index is 13.3. The van der Waals surface area contributed by atoms with Crippen molar-refractivity contribution in [3.63, 3.8) is 0 Å². The summed E-state index contributed by atoms with van der Waals surface area (Å²) in [7, 11) is 0. The van der Waals surface area contributed by atoms with Gasteiger partial charge in [0.25, 0.3) is 5.91 Å². The summed E-state index contributed by atoms with van der Waals surface area (Å²) in [4.78, 5) is 40.8. The van der Waals surface area contributed by atoms with Crippen LogP contribution in [0.5, 0.6) is 0 Å². The molecule has 1 aliphatic rings. The number of rotatable bonds is 9. The molecular formula is C28H31N3O4S. The minimum Gasteiger partial charge on any atom is -0.438 e. The Balaban J connectivity index is 1.54. The molecule has 7 nitrogen and oxygen atoms in total. The molecule has 36 heavy (non-hydrogen) atoms. The third kappa shape index (κ3) is 6.12. The number of amides is 3. The molecule has 2 aromatic carbocycles. The number of carbonyl (C=O) groups excluding carboxylic acids is 3. The second-order valence-corrected chi connectivity index (χ2v) is 10.3. The number of benzene rings is 2. The molecule has 188 valence electrons. The molecular weight excluding hydrogens is 474 g/mol. The standard InChI is InChI=1S/C28H31N3O4S/c1-18(2)13-14-29-27(33)24-25(35-28(34)31(24)17-20-7-4-6-19(3)16-20)21-9-11-22(12-10-21)30-26(32)23-8-5-15-36-23/h4-12,15-16,18,24-25H,13-14,17H2,1-3H3,(H,29,33)(H,30,32)/t24-,25+/m0/s1. The van der Waals surface area contributed by atoms with E-state index < -0.39 is 18.2 Å². The average Bonchev–Trinajstić information content (AvgIpc) is 3.48. The van der Waals surface area contributed by atoms with E-state index in [4.69, 9.17) is 4.74 Å². The molecule has 0 bridgehead atoms. The van der Waals surface area contributed by atoms with Crippen LogP contribution in [0.4, 0.5) is 10.5 Å². The number of hydrogen-bond acceptors (Lipinski definition) is 5. The normalized spacial score (nSPS) is 17.2. The molecule has 1 aliphatic heterocycles. The van der Waals surface area contributed by atoms with E-state index >= 15 is 0 Å². The molecule has 1 aromatic heterocycles. The first-order valence-corrected chi connectivity index (χ1v) is 12.9. The van der Waals surface area contributed by atoms with Gasteiger partial charge in [-0.3, -0.25) is 14.5 Å². The fraction of sp³-hybridized carbons (Fsp3) is 0.321. The number of nitrogens with one attached hydrogen (secondary N) is 2. The summed E-state index contributed by atoms with van der Waals surface area (Å²) in [6.07, 6.45) is -0.446. The van der Waals surface area contributed by atoms with Crippen molar-refractivity contribution in [3.8, 4) is 0 Å². The number of nitrogens with zero attached hydrogens (tertiary/aromatic N) is 1. The maximum atomic E-state index is 13.3. The van der Waals surface area contributed by atoms with E-state index in [1.807, 2.05) is 42.6 Å². The van der Waals surface area contributed by atoms with Crippen molar-refractivity contribution in [2.45, 2.75) is 45.9 Å². The van der Waals surface area contributed by atoms with Crippen LogP contribution < -0.4 is 10.6 Å². The van der Waals surface area contributed by atoms with Gasteiger partial charge in [0, 0.05) is 12.2 Å². The molecule has 1 fully saturated rings. The number of aryl methyl sites for hydroxylation is 1. The lowest BCUT2D eigenvalue weighted by Crippen LogP contribution is -2.46. The van der Waals surface area contributed by atoms with Crippen molar-refractivity contribution in [1.82, 2.24) is 10.2 Å². The molecule has 2 N–H and O–H groups in total. The van der Waals surface area contributed by atoms with Crippen LogP contribution in [-0.4, -0.2) is 35.4 Å². The van der Waals surface area contributed by atoms with Crippen LogP contribution in [-0.2, 0) is 16.1 Å². The highest BCUT2D eigenvalue weighted by atomic mass is 32.1. The Morgan fingerprint density at radius 2 is 1.86 bits per heavy atom. The van der Waals surface area contributed by atoms with Gasteiger partial charge in [-0.15, -0.1) is 11.3 Å². The monoisotopic (exact) mass is 505 g/mol. The summed E-state index contributed by atoms with van der Waals surface area (Å²) >= 11 is 1.37. The minimum absolute atomic E-state index is 0.184. The Hall–Kier alpha value is -3.65. The number of carbonyl (C=O) groups is 3. The Morgan fingerprint density at radius 1 is 1.08 bits per heavy atom. The highest BCUT2D eigenvalue weighted by Gasteiger charge is 2.46. The first-order chi connectivity index (χ1) is 17.3. The summed E-state index contributed by atoms with van der Waals surface area (Å²) < 4.78 is 5.74. The van der Waals surface area contributed by atoms with Crippen LogP contribution in [0, 0.1) is 12.8 Å². The number of thiophene rings is 1.